The van der Waals surface area contributed by atoms with Crippen LogP contribution in [0.25, 0.3) is 10.8 Å². The molecular weight excluding hydrogens is 286 g/mol. The SMILES string of the molecule is Cc1ccc(-c2nc(C)c(C(=O)NC(CN)C3CC3)s2)o1. The van der Waals surface area contributed by atoms with Crippen molar-refractivity contribution in [1.82, 2.24) is 10.3 Å². The van der Waals surface area contributed by atoms with Crippen LogP contribution in [0, 0.1) is 19.8 Å². The molecule has 21 heavy (non-hydrogen) atoms. The van der Waals surface area contributed by atoms with Gasteiger partial charge in [-0.2, -0.15) is 0 Å². The fraction of sp³-hybridized carbons (Fsp3) is 0.467. The van der Waals surface area contributed by atoms with E-state index in [2.05, 4.69) is 10.3 Å². The van der Waals surface area contributed by atoms with Gasteiger partial charge in [0.15, 0.2) is 10.8 Å². The van der Waals surface area contributed by atoms with Crippen molar-refractivity contribution in [2.45, 2.75) is 32.7 Å². The molecule has 2 aromatic rings. The van der Waals surface area contributed by atoms with Crippen molar-refractivity contribution in [3.63, 3.8) is 0 Å². The summed E-state index contributed by atoms with van der Waals surface area (Å²) >= 11 is 1.36. The summed E-state index contributed by atoms with van der Waals surface area (Å²) in [5.41, 5.74) is 6.46. The summed E-state index contributed by atoms with van der Waals surface area (Å²) in [5, 5.41) is 3.77. The second-order valence-electron chi connectivity index (χ2n) is 5.50. The average Bonchev–Trinajstić information content (AvgIpc) is 3.09. The maximum absolute atomic E-state index is 12.4. The van der Waals surface area contributed by atoms with Crippen LogP contribution in [0.4, 0.5) is 0 Å². The van der Waals surface area contributed by atoms with Gasteiger partial charge in [-0.05, 0) is 44.7 Å². The number of nitrogens with one attached hydrogen (secondary N) is 1. The molecule has 0 spiro atoms. The number of thiazole rings is 1. The number of carbonyl (C=O) groups is 1. The van der Waals surface area contributed by atoms with Gasteiger partial charge in [-0.1, -0.05) is 0 Å². The first-order chi connectivity index (χ1) is 10.1. The third-order valence-electron chi connectivity index (χ3n) is 3.72. The third-order valence-corrected chi connectivity index (χ3v) is 4.89. The van der Waals surface area contributed by atoms with Crippen LogP contribution in [0.1, 0.15) is 34.0 Å². The molecule has 0 saturated heterocycles. The molecule has 1 fully saturated rings. The Morgan fingerprint density at radius 3 is 2.86 bits per heavy atom. The number of rotatable bonds is 5. The second kappa shape index (κ2) is 5.61. The maximum Gasteiger partial charge on any atom is 0.263 e. The average molecular weight is 305 g/mol. The fourth-order valence-electron chi connectivity index (χ4n) is 2.36. The van der Waals surface area contributed by atoms with Gasteiger partial charge in [-0.3, -0.25) is 4.79 Å². The maximum atomic E-state index is 12.4. The van der Waals surface area contributed by atoms with Gasteiger partial charge in [0, 0.05) is 12.6 Å². The van der Waals surface area contributed by atoms with Crippen LogP contribution in [-0.4, -0.2) is 23.5 Å². The first kappa shape index (κ1) is 14.3. The molecule has 5 nitrogen and oxygen atoms in total. The van der Waals surface area contributed by atoms with Crippen molar-refractivity contribution < 1.29 is 9.21 Å². The Bertz CT molecular complexity index is 658. The summed E-state index contributed by atoms with van der Waals surface area (Å²) in [4.78, 5) is 17.5. The van der Waals surface area contributed by atoms with Crippen LogP contribution < -0.4 is 11.1 Å². The Labute approximate surface area is 127 Å². The molecule has 2 heterocycles. The first-order valence-corrected chi connectivity index (χ1v) is 7.95. The van der Waals surface area contributed by atoms with Gasteiger partial charge >= 0.3 is 0 Å². The van der Waals surface area contributed by atoms with Gasteiger partial charge in [0.2, 0.25) is 0 Å². The van der Waals surface area contributed by atoms with E-state index >= 15 is 0 Å². The third kappa shape index (κ3) is 3.01. The lowest BCUT2D eigenvalue weighted by Gasteiger charge is -2.15. The number of hydrogen-bond acceptors (Lipinski definition) is 5. The Morgan fingerprint density at radius 2 is 2.29 bits per heavy atom. The van der Waals surface area contributed by atoms with E-state index in [0.29, 0.717) is 23.1 Å². The standard InChI is InChI=1S/C15H19N3O2S/c1-8-3-6-12(20-8)15-17-9(2)13(21-15)14(19)18-11(7-16)10-4-5-10/h3,6,10-11H,4-5,7,16H2,1-2H3,(H,18,19). The van der Waals surface area contributed by atoms with E-state index in [0.717, 1.165) is 29.3 Å². The zero-order chi connectivity index (χ0) is 15.0. The predicted octanol–water partition coefficient (Wildman–Crippen LogP) is 2.49. The summed E-state index contributed by atoms with van der Waals surface area (Å²) in [6, 6.07) is 3.85. The van der Waals surface area contributed by atoms with Gasteiger partial charge in [0.25, 0.3) is 5.91 Å². The predicted molar refractivity (Wildman–Crippen MR) is 82.3 cm³/mol. The molecule has 1 aliphatic rings. The van der Waals surface area contributed by atoms with Gasteiger partial charge < -0.3 is 15.5 Å². The van der Waals surface area contributed by atoms with Crippen LogP contribution in [0.2, 0.25) is 0 Å². The van der Waals surface area contributed by atoms with Crippen LogP contribution in [0.5, 0.6) is 0 Å². The number of aromatic nitrogens is 1. The summed E-state index contributed by atoms with van der Waals surface area (Å²) in [6.07, 6.45) is 2.31. The van der Waals surface area contributed by atoms with E-state index < -0.39 is 0 Å². The largest absolute Gasteiger partial charge is 0.459 e. The van der Waals surface area contributed by atoms with Gasteiger partial charge in [0.1, 0.15) is 10.6 Å². The quantitative estimate of drug-likeness (QED) is 0.889. The number of hydrogen-bond donors (Lipinski definition) is 2. The molecule has 112 valence electrons. The lowest BCUT2D eigenvalue weighted by Crippen LogP contribution is -2.41. The monoisotopic (exact) mass is 305 g/mol. The van der Waals surface area contributed by atoms with Crippen LogP contribution in [0.15, 0.2) is 16.5 Å². The van der Waals surface area contributed by atoms with Crippen molar-refractivity contribution in [3.05, 3.63) is 28.5 Å². The minimum absolute atomic E-state index is 0.0771. The van der Waals surface area contributed by atoms with Crippen LogP contribution >= 0.6 is 11.3 Å². The number of nitrogens with two attached hydrogens (primary N) is 1. The Kier molecular flexibility index (Phi) is 3.82. The molecule has 1 atom stereocenters. The molecule has 0 aromatic carbocycles. The normalized spacial score (nSPS) is 16.0. The molecule has 2 aromatic heterocycles. The zero-order valence-corrected chi connectivity index (χ0v) is 13.0. The van der Waals surface area contributed by atoms with Crippen LogP contribution in [-0.2, 0) is 0 Å². The zero-order valence-electron chi connectivity index (χ0n) is 12.2. The van der Waals surface area contributed by atoms with Crippen LogP contribution in [0.3, 0.4) is 0 Å². The lowest BCUT2D eigenvalue weighted by molar-refractivity contribution is 0.0937. The lowest BCUT2D eigenvalue weighted by atomic mass is 10.2. The number of amides is 1. The highest BCUT2D eigenvalue weighted by molar-refractivity contribution is 7.17. The fourth-order valence-corrected chi connectivity index (χ4v) is 3.29. The highest BCUT2D eigenvalue weighted by Gasteiger charge is 2.32. The summed E-state index contributed by atoms with van der Waals surface area (Å²) in [6.45, 7) is 4.22. The van der Waals surface area contributed by atoms with Gasteiger partial charge in [-0.25, -0.2) is 4.98 Å². The van der Waals surface area contributed by atoms with Crippen molar-refractivity contribution in [2.24, 2.45) is 11.7 Å². The molecule has 1 unspecified atom stereocenters. The number of carbonyl (C=O) groups excluding carboxylic acids is 1. The smallest absolute Gasteiger partial charge is 0.263 e. The molecule has 0 radical (unpaired) electrons. The number of aryl methyl sites for hydroxylation is 2. The molecule has 0 aliphatic heterocycles. The molecule has 1 amide bonds. The van der Waals surface area contributed by atoms with E-state index in [9.17, 15) is 4.79 Å². The molecule has 3 rings (SSSR count). The summed E-state index contributed by atoms with van der Waals surface area (Å²) in [7, 11) is 0. The highest BCUT2D eigenvalue weighted by Crippen LogP contribution is 2.33. The minimum atomic E-state index is -0.0816. The first-order valence-electron chi connectivity index (χ1n) is 7.13. The second-order valence-corrected chi connectivity index (χ2v) is 6.50. The van der Waals surface area contributed by atoms with Gasteiger partial charge in [0.05, 0.1) is 5.69 Å². The Morgan fingerprint density at radius 1 is 1.52 bits per heavy atom. The van der Waals surface area contributed by atoms with Crippen molar-refractivity contribution in [1.29, 1.82) is 0 Å². The van der Waals surface area contributed by atoms with E-state index in [4.69, 9.17) is 10.2 Å². The highest BCUT2D eigenvalue weighted by atomic mass is 32.1. The molecule has 1 saturated carbocycles. The Balaban J connectivity index is 1.78. The molecule has 3 N–H and O–H groups in total. The summed E-state index contributed by atoms with van der Waals surface area (Å²) in [5.74, 6) is 2.00. The van der Waals surface area contributed by atoms with Crippen molar-refractivity contribution in [2.75, 3.05) is 6.54 Å². The number of nitrogens with zero attached hydrogens (tertiary/aromatic N) is 1. The topological polar surface area (TPSA) is 81.2 Å². The minimum Gasteiger partial charge on any atom is -0.459 e. The molecular formula is C15H19N3O2S. The van der Waals surface area contributed by atoms with Crippen molar-refractivity contribution >= 4 is 17.2 Å². The molecule has 1 aliphatic carbocycles. The van der Waals surface area contributed by atoms with E-state index in [-0.39, 0.29) is 11.9 Å². The van der Waals surface area contributed by atoms with E-state index in [1.807, 2.05) is 26.0 Å². The van der Waals surface area contributed by atoms with E-state index in [1.165, 1.54) is 11.3 Å². The van der Waals surface area contributed by atoms with Gasteiger partial charge in [-0.15, -0.1) is 11.3 Å². The number of furan rings is 1. The van der Waals surface area contributed by atoms with Crippen molar-refractivity contribution in [3.8, 4) is 10.8 Å². The summed E-state index contributed by atoms with van der Waals surface area (Å²) < 4.78 is 5.56. The molecule has 0 bridgehead atoms. The van der Waals surface area contributed by atoms with E-state index in [1.54, 1.807) is 0 Å². The molecule has 6 heteroatoms. The Hall–Kier alpha value is -1.66.